The van der Waals surface area contributed by atoms with Crippen molar-refractivity contribution in [1.82, 2.24) is 19.2 Å². The average molecular weight is 314 g/mol. The Kier molecular flexibility index (Phi) is 5.40. The summed E-state index contributed by atoms with van der Waals surface area (Å²) in [7, 11) is -3.07. The maximum absolute atomic E-state index is 11.7. The summed E-state index contributed by atoms with van der Waals surface area (Å²) in [6.07, 6.45) is 6.94. The number of hydrogen-bond acceptors (Lipinski definition) is 4. The number of sulfonamides is 1. The van der Waals surface area contributed by atoms with Gasteiger partial charge < -0.3 is 9.88 Å². The van der Waals surface area contributed by atoms with Crippen molar-refractivity contribution in [3.63, 3.8) is 0 Å². The first kappa shape index (κ1) is 16.5. The molecule has 1 aliphatic rings. The van der Waals surface area contributed by atoms with E-state index in [0.717, 1.165) is 31.8 Å². The Morgan fingerprint density at radius 3 is 2.81 bits per heavy atom. The Bertz CT molecular complexity index is 555. The predicted octanol–water partition coefficient (Wildman–Crippen LogP) is 1.05. The van der Waals surface area contributed by atoms with E-state index in [1.165, 1.54) is 6.26 Å². The van der Waals surface area contributed by atoms with E-state index in [1.54, 1.807) is 4.31 Å². The zero-order valence-electron chi connectivity index (χ0n) is 13.1. The minimum absolute atomic E-state index is 0.356. The van der Waals surface area contributed by atoms with Crippen LogP contribution < -0.4 is 5.32 Å². The van der Waals surface area contributed by atoms with Crippen LogP contribution in [-0.4, -0.2) is 47.7 Å². The first-order valence-electron chi connectivity index (χ1n) is 7.64. The number of hydrogen-bond donors (Lipinski definition) is 1. The van der Waals surface area contributed by atoms with Crippen LogP contribution in [0.2, 0.25) is 0 Å². The monoisotopic (exact) mass is 314 g/mol. The topological polar surface area (TPSA) is 67.2 Å². The summed E-state index contributed by atoms with van der Waals surface area (Å²) in [5, 5.41) is 3.57. The third-order valence-electron chi connectivity index (χ3n) is 4.35. The predicted molar refractivity (Wildman–Crippen MR) is 83.3 cm³/mol. The third kappa shape index (κ3) is 4.05. The minimum atomic E-state index is -3.07. The molecule has 120 valence electrons. The summed E-state index contributed by atoms with van der Waals surface area (Å²) < 4.78 is 27.1. The van der Waals surface area contributed by atoms with Gasteiger partial charge in [0, 0.05) is 38.1 Å². The third-order valence-corrected chi connectivity index (χ3v) is 5.62. The van der Waals surface area contributed by atoms with E-state index in [4.69, 9.17) is 0 Å². The van der Waals surface area contributed by atoms with Crippen LogP contribution in [0.25, 0.3) is 0 Å². The summed E-state index contributed by atoms with van der Waals surface area (Å²) in [5.41, 5.74) is 0. The molecule has 2 rings (SSSR count). The van der Waals surface area contributed by atoms with Crippen molar-refractivity contribution in [1.29, 1.82) is 0 Å². The summed E-state index contributed by atoms with van der Waals surface area (Å²) >= 11 is 0. The Balaban J connectivity index is 1.95. The zero-order chi connectivity index (χ0) is 15.5. The van der Waals surface area contributed by atoms with Gasteiger partial charge in [-0.1, -0.05) is 13.3 Å². The number of nitrogens with zero attached hydrogens (tertiary/aromatic N) is 3. The van der Waals surface area contributed by atoms with Gasteiger partial charge in [0.1, 0.15) is 5.82 Å². The lowest BCUT2D eigenvalue weighted by Gasteiger charge is -2.37. The molecule has 0 spiro atoms. The van der Waals surface area contributed by atoms with Crippen LogP contribution in [0.1, 0.15) is 32.5 Å². The summed E-state index contributed by atoms with van der Waals surface area (Å²) in [6, 6.07) is 0.356. The highest BCUT2D eigenvalue weighted by Gasteiger charge is 2.31. The fourth-order valence-corrected chi connectivity index (χ4v) is 3.90. The minimum Gasteiger partial charge on any atom is -0.334 e. The van der Waals surface area contributed by atoms with Crippen LogP contribution >= 0.6 is 0 Å². The van der Waals surface area contributed by atoms with Gasteiger partial charge in [0.05, 0.1) is 12.8 Å². The highest BCUT2D eigenvalue weighted by molar-refractivity contribution is 7.88. The maximum Gasteiger partial charge on any atom is 0.211 e. The molecule has 0 bridgehead atoms. The van der Waals surface area contributed by atoms with E-state index >= 15 is 0 Å². The van der Waals surface area contributed by atoms with Crippen LogP contribution in [0.5, 0.6) is 0 Å². The Morgan fingerprint density at radius 2 is 2.19 bits per heavy atom. The van der Waals surface area contributed by atoms with E-state index in [-0.39, 0.29) is 0 Å². The van der Waals surface area contributed by atoms with Gasteiger partial charge in [-0.3, -0.25) is 0 Å². The quantitative estimate of drug-likeness (QED) is 0.852. The Hall–Kier alpha value is -0.920. The first-order valence-corrected chi connectivity index (χ1v) is 9.49. The van der Waals surface area contributed by atoms with Crippen molar-refractivity contribution < 1.29 is 8.42 Å². The lowest BCUT2D eigenvalue weighted by Crippen LogP contribution is -2.50. The van der Waals surface area contributed by atoms with E-state index in [2.05, 4.69) is 28.7 Å². The molecule has 0 saturated carbocycles. The molecule has 0 unspecified atom stereocenters. The number of aryl methyl sites for hydroxylation is 1. The number of nitrogens with one attached hydrogen (secondary N) is 1. The smallest absolute Gasteiger partial charge is 0.211 e. The van der Waals surface area contributed by atoms with Crippen molar-refractivity contribution in [2.45, 2.75) is 45.8 Å². The largest absolute Gasteiger partial charge is 0.334 e. The Morgan fingerprint density at radius 1 is 1.43 bits per heavy atom. The van der Waals surface area contributed by atoms with E-state index in [9.17, 15) is 8.42 Å². The van der Waals surface area contributed by atoms with Crippen molar-refractivity contribution in [3.8, 4) is 0 Å². The molecule has 0 aliphatic carbocycles. The molecule has 2 heterocycles. The fourth-order valence-electron chi connectivity index (χ4n) is 3.00. The molecule has 1 aliphatic heterocycles. The van der Waals surface area contributed by atoms with Crippen molar-refractivity contribution >= 4 is 10.0 Å². The van der Waals surface area contributed by atoms with Gasteiger partial charge in [0.25, 0.3) is 0 Å². The van der Waals surface area contributed by atoms with Gasteiger partial charge in [-0.15, -0.1) is 0 Å². The van der Waals surface area contributed by atoms with Gasteiger partial charge in [-0.2, -0.15) is 0 Å². The number of piperidine rings is 1. The van der Waals surface area contributed by atoms with E-state index in [0.29, 0.717) is 25.0 Å². The molecule has 1 aromatic heterocycles. The summed E-state index contributed by atoms with van der Waals surface area (Å²) in [6.45, 7) is 7.11. The fraction of sp³-hybridized carbons (Fsp3) is 0.786. The molecule has 21 heavy (non-hydrogen) atoms. The molecule has 2 atom stereocenters. The summed E-state index contributed by atoms with van der Waals surface area (Å²) in [5.74, 6) is 1.40. The number of aromatic nitrogens is 2. The summed E-state index contributed by atoms with van der Waals surface area (Å²) in [4.78, 5) is 4.37. The Labute approximate surface area is 127 Å². The van der Waals surface area contributed by atoms with E-state index in [1.807, 2.05) is 12.4 Å². The lowest BCUT2D eigenvalue weighted by molar-refractivity contribution is 0.200. The van der Waals surface area contributed by atoms with Crippen molar-refractivity contribution in [2.75, 3.05) is 19.3 Å². The molecular weight excluding hydrogens is 288 g/mol. The molecular formula is C14H26N4O2S. The average Bonchev–Trinajstić information content (AvgIpc) is 2.91. The molecule has 1 N–H and O–H groups in total. The molecule has 1 aromatic rings. The van der Waals surface area contributed by atoms with Gasteiger partial charge >= 0.3 is 0 Å². The second kappa shape index (κ2) is 6.89. The second-order valence-corrected chi connectivity index (χ2v) is 7.68. The first-order chi connectivity index (χ1) is 9.95. The second-order valence-electron chi connectivity index (χ2n) is 5.69. The van der Waals surface area contributed by atoms with Crippen LogP contribution in [0.3, 0.4) is 0 Å². The van der Waals surface area contributed by atoms with Crippen LogP contribution in [-0.2, 0) is 23.1 Å². The lowest BCUT2D eigenvalue weighted by atomic mass is 9.91. The maximum atomic E-state index is 11.7. The van der Waals surface area contributed by atoms with Gasteiger partial charge in [0.2, 0.25) is 10.0 Å². The van der Waals surface area contributed by atoms with Crippen LogP contribution in [0.15, 0.2) is 12.4 Å². The molecule has 7 heteroatoms. The molecule has 1 fully saturated rings. The van der Waals surface area contributed by atoms with Crippen LogP contribution in [0.4, 0.5) is 0 Å². The van der Waals surface area contributed by atoms with Gasteiger partial charge in [0.15, 0.2) is 0 Å². The highest BCUT2D eigenvalue weighted by Crippen LogP contribution is 2.22. The van der Waals surface area contributed by atoms with Crippen molar-refractivity contribution in [3.05, 3.63) is 18.2 Å². The van der Waals surface area contributed by atoms with Gasteiger partial charge in [-0.25, -0.2) is 17.7 Å². The van der Waals surface area contributed by atoms with Crippen LogP contribution in [0, 0.1) is 5.92 Å². The van der Waals surface area contributed by atoms with E-state index < -0.39 is 10.0 Å². The standard InChI is InChI=1S/C14H26N4O2S/c1-4-12-11-18(21(3,19)20)8-6-13(12)16-10-14-15-7-9-17(14)5-2/h7,9,12-13,16H,4-6,8,10-11H2,1-3H3/t12-,13-/m0/s1. The molecule has 0 aromatic carbocycles. The highest BCUT2D eigenvalue weighted by atomic mass is 32.2. The molecule has 1 saturated heterocycles. The van der Waals surface area contributed by atoms with Gasteiger partial charge in [-0.05, 0) is 19.3 Å². The molecule has 6 nitrogen and oxygen atoms in total. The van der Waals surface area contributed by atoms with Crippen molar-refractivity contribution in [2.24, 2.45) is 5.92 Å². The number of rotatable bonds is 6. The normalized spacial score (nSPS) is 24.3. The molecule has 0 amide bonds. The molecule has 0 radical (unpaired) electrons. The zero-order valence-corrected chi connectivity index (χ0v) is 13.9. The number of imidazole rings is 1. The SMILES string of the molecule is CC[C@H]1CN(S(C)(=O)=O)CC[C@@H]1NCc1nccn1CC.